The fourth-order valence-electron chi connectivity index (χ4n) is 15.3. The summed E-state index contributed by atoms with van der Waals surface area (Å²) in [5.74, 6) is -6.58. The number of benzene rings is 4. The molecule has 1 fully saturated rings. The van der Waals surface area contributed by atoms with Crippen LogP contribution in [0.25, 0.3) is 0 Å². The number of alkyl carbamates (subject to hydrolysis) is 2. The van der Waals surface area contributed by atoms with Crippen LogP contribution in [0.1, 0.15) is 212 Å². The van der Waals surface area contributed by atoms with E-state index in [1.54, 1.807) is 156 Å². The highest BCUT2D eigenvalue weighted by molar-refractivity contribution is 5.99. The number of likely N-dealkylation sites (tertiary alicyclic amines) is 1. The molecule has 4 aromatic rings. The highest BCUT2D eigenvalue weighted by atomic mass is 16.7. The molecule has 38 nitrogen and oxygen atoms in total. The summed E-state index contributed by atoms with van der Waals surface area (Å²) in [7, 11) is 6.15. The normalized spacial score (nSPS) is 15.5. The predicted octanol–water partition coefficient (Wildman–Crippen LogP) is 11.9. The van der Waals surface area contributed by atoms with Gasteiger partial charge in [0.2, 0.25) is 35.4 Å². The maximum Gasteiger partial charge on any atom is 0.514 e. The molecule has 133 heavy (non-hydrogen) atoms. The van der Waals surface area contributed by atoms with E-state index in [2.05, 4.69) is 42.5 Å². The lowest BCUT2D eigenvalue weighted by Gasteiger charge is -2.41. The Labute approximate surface area is 780 Å². The van der Waals surface area contributed by atoms with Crippen molar-refractivity contribution in [2.75, 3.05) is 58.6 Å². The summed E-state index contributed by atoms with van der Waals surface area (Å²) >= 11 is 0. The molecule has 0 aliphatic carbocycles. The first-order valence-corrected chi connectivity index (χ1v) is 45.2. The number of methoxy groups -OCH3 is 2. The number of hydrogen-bond donors (Lipinski definition) is 11. The summed E-state index contributed by atoms with van der Waals surface area (Å²) in [5.41, 5.74) is 11.2. The molecule has 1 aliphatic heterocycles. The van der Waals surface area contributed by atoms with Crippen LogP contribution in [-0.4, -0.2) is 222 Å². The number of likely N-dealkylation sites (N-methyl/N-ethyl adjacent to an activating group) is 2. The van der Waals surface area contributed by atoms with Gasteiger partial charge in [-0.25, -0.2) is 28.8 Å². The Morgan fingerprint density at radius 3 is 1.56 bits per heavy atom. The number of aliphatic hydroxyl groups excluding tert-OH is 1. The van der Waals surface area contributed by atoms with Crippen LogP contribution in [0, 0.1) is 57.5 Å². The van der Waals surface area contributed by atoms with E-state index in [4.69, 9.17) is 44.6 Å². The van der Waals surface area contributed by atoms with Gasteiger partial charge in [0, 0.05) is 96.1 Å². The van der Waals surface area contributed by atoms with Crippen molar-refractivity contribution in [3.05, 3.63) is 130 Å². The quantitative estimate of drug-likeness (QED) is 0.00488. The monoisotopic (exact) mass is 1870 g/mol. The van der Waals surface area contributed by atoms with Gasteiger partial charge in [0.15, 0.2) is 5.78 Å². The molecule has 13 amide bonds. The van der Waals surface area contributed by atoms with Crippen molar-refractivity contribution in [2.45, 2.75) is 274 Å². The third kappa shape index (κ3) is 38.6. The third-order valence-electron chi connectivity index (χ3n) is 22.6. The molecular weight excluding hydrogens is 1720 g/mol. The van der Waals surface area contributed by atoms with Gasteiger partial charge in [-0.15, -0.1) is 0 Å². The number of nitrogens with zero attached hydrogens (tertiary/aromatic N) is 4. The van der Waals surface area contributed by atoms with Crippen molar-refractivity contribution in [2.24, 2.45) is 58.8 Å². The molecule has 0 spiro atoms. The van der Waals surface area contributed by atoms with Gasteiger partial charge in [-0.05, 0) is 169 Å². The summed E-state index contributed by atoms with van der Waals surface area (Å²) in [5, 5.41) is 43.1. The number of nitrogens with one attached hydrogen (secondary N) is 8. The summed E-state index contributed by atoms with van der Waals surface area (Å²) in [6.07, 6.45) is -2.73. The molecule has 13 N–H and O–H groups in total. The van der Waals surface area contributed by atoms with Crippen LogP contribution >= 0.6 is 0 Å². The second-order valence-corrected chi connectivity index (χ2v) is 37.0. The number of aliphatic hydroxyl groups is 1. The summed E-state index contributed by atoms with van der Waals surface area (Å²) in [6, 6.07) is 19.4. The van der Waals surface area contributed by atoms with Crippen LogP contribution in [0.3, 0.4) is 0 Å². The van der Waals surface area contributed by atoms with Crippen LogP contribution < -0.4 is 58.7 Å². The van der Waals surface area contributed by atoms with E-state index in [1.807, 2.05) is 71.9 Å². The SMILES string of the molecule is CC(C)[C@H](NC(=O)OC(C)(C)C)C(=O)N[C@@H](CCCNC(N)=O)C(=O)Nc1ccc(COC(=O)Oc2ccc([N+](=O)[O-])cc2)cc1.CC[C@H](C)[C@@H]([C@@H](CC(=O)N1CCC[C@H]1[C@H](OC)[C@@H](C)C(=O)C[C@H](C)[C@@H](O)c1ccccc1)OC)N(C)C(=O)[C@@H](NC(=O)[C@H](C(C)C)N(C)C(=O)OCc1ccc(NC(=O)[C@H](CCCNC(N)=O)CC(=O)[C@@H](NC(=O)OC(C)(C)C)C(C)C)cc1)C(C)C. The number of amides is 13. The average Bonchev–Trinajstić information content (AvgIpc) is 1.70. The van der Waals surface area contributed by atoms with Gasteiger partial charge < -0.3 is 102 Å². The Morgan fingerprint density at radius 1 is 0.564 bits per heavy atom. The predicted molar refractivity (Wildman–Crippen MR) is 498 cm³/mol. The number of urea groups is 2. The molecule has 1 saturated heterocycles. The number of Topliss-reactive ketones (excluding diaryl/α,β-unsaturated/α-hetero) is 2. The Morgan fingerprint density at radius 2 is 1.08 bits per heavy atom. The number of primary amides is 2. The summed E-state index contributed by atoms with van der Waals surface area (Å²) in [4.78, 5) is 199. The van der Waals surface area contributed by atoms with Gasteiger partial charge in [0.1, 0.15) is 60.1 Å². The fraction of sp³-hybridized carbons (Fsp3) is 0.600. The van der Waals surface area contributed by atoms with Crippen LogP contribution in [0.15, 0.2) is 103 Å². The number of non-ortho nitro benzene ring substituents is 1. The van der Waals surface area contributed by atoms with E-state index < -0.39 is 166 Å². The van der Waals surface area contributed by atoms with Crippen LogP contribution in [0.4, 0.5) is 45.8 Å². The van der Waals surface area contributed by atoms with E-state index in [0.29, 0.717) is 61.2 Å². The number of rotatable bonds is 48. The van der Waals surface area contributed by atoms with Crippen molar-refractivity contribution in [1.29, 1.82) is 0 Å². The highest BCUT2D eigenvalue weighted by Gasteiger charge is 2.45. The lowest BCUT2D eigenvalue weighted by atomic mass is 9.85. The Balaban J connectivity index is 0.000000673. The molecule has 0 unspecified atom stereocenters. The molecule has 14 atom stereocenters. The largest absolute Gasteiger partial charge is 0.514 e. The molecule has 0 radical (unpaired) electrons. The van der Waals surface area contributed by atoms with Crippen molar-refractivity contribution in [3.63, 3.8) is 0 Å². The topological polar surface area (TPSA) is 525 Å². The zero-order valence-electron chi connectivity index (χ0n) is 81.1. The van der Waals surface area contributed by atoms with Gasteiger partial charge in [-0.1, -0.05) is 144 Å². The molecule has 738 valence electrons. The fourth-order valence-corrected chi connectivity index (χ4v) is 15.3. The van der Waals surface area contributed by atoms with Crippen molar-refractivity contribution < 1.29 is 110 Å². The molecule has 0 bridgehead atoms. The Bertz CT molecular complexity index is 4470. The average molecular weight is 1870 g/mol. The Hall–Kier alpha value is -12.1. The first kappa shape index (κ1) is 113. The Kier molecular flexibility index (Phi) is 46.7. The maximum absolute atomic E-state index is 14.8. The molecule has 0 saturated carbocycles. The minimum atomic E-state index is -1.06. The zero-order valence-corrected chi connectivity index (χ0v) is 81.1. The molecule has 1 aliphatic rings. The number of hydrogen-bond acceptors (Lipinski definition) is 24. The van der Waals surface area contributed by atoms with Crippen molar-refractivity contribution in [3.8, 4) is 5.75 Å². The van der Waals surface area contributed by atoms with E-state index in [9.17, 15) is 82.3 Å². The standard InChI is InChI=1S/C65H104N8O14.C30H40N6O10/c1-18-41(8)56(51(84-16)36-52(76)73-33-23-27-48(73)58(85-17)43(10)49(74)34-42(9)57(77)45-24-20-19-21-25-45)71(14)61(80)54(39(4)5)69-60(79)55(40(6)7)72(15)64(83)86-37-44-28-30-47(31-29-44)68-59(78)46(26-22-32-67-62(66)81)35-50(75)53(38(2)3)70-63(82)87-65(11,12)13;1-18(2)24(35-28(40)46-30(3,4)5)26(38)34-23(7-6-16-32-27(31)39)25(37)33-20-10-8-19(9-11-20)17-44-29(41)45-22-14-12-21(13-15-22)36(42)43/h19-21,24-25,28-31,38-43,46,48,51,53-58,77H,18,22-23,26-27,32-37H2,1-17H3,(H,68,78)(H,69,79)(H,70,82)(H3,66,67,81);8-15,18,23-24H,6-7,16-17H2,1-5H3,(H,33,37)(H,34,38)(H,35,40)(H3,31,32,39)/t41-,42-,43-,46+,48-,51+,53-,54-,55-,56-,57+,58+;23-,24-/m00/s1. The number of ketones is 2. The van der Waals surface area contributed by atoms with Crippen molar-refractivity contribution in [1.82, 2.24) is 46.6 Å². The number of ether oxygens (including phenoxy) is 7. The zero-order chi connectivity index (χ0) is 100. The number of carbonyl (C=O) groups is 14. The highest BCUT2D eigenvalue weighted by Crippen LogP contribution is 2.34. The summed E-state index contributed by atoms with van der Waals surface area (Å²) < 4.78 is 38.5. The van der Waals surface area contributed by atoms with Crippen LogP contribution in [0.2, 0.25) is 0 Å². The number of nitro benzene ring substituents is 1. The molecule has 1 heterocycles. The lowest BCUT2D eigenvalue weighted by molar-refractivity contribution is -0.384. The van der Waals surface area contributed by atoms with Gasteiger partial charge in [0.25, 0.3) is 5.69 Å². The minimum absolute atomic E-state index is 0.0672. The van der Waals surface area contributed by atoms with Crippen LogP contribution in [-0.2, 0) is 80.0 Å². The van der Waals surface area contributed by atoms with E-state index in [1.165, 1.54) is 43.3 Å². The van der Waals surface area contributed by atoms with Gasteiger partial charge in [0.05, 0.1) is 47.8 Å². The van der Waals surface area contributed by atoms with Crippen molar-refractivity contribution >= 4 is 101 Å². The molecule has 5 rings (SSSR count). The number of nitro groups is 1. The number of carbonyl (C=O) groups excluding carboxylic acids is 14. The smallest absolute Gasteiger partial charge is 0.445 e. The van der Waals surface area contributed by atoms with E-state index >= 15 is 0 Å². The number of anilines is 2. The van der Waals surface area contributed by atoms with Crippen LogP contribution in [0.5, 0.6) is 5.75 Å². The summed E-state index contributed by atoms with van der Waals surface area (Å²) in [6.45, 7) is 32.4. The number of nitrogens with two attached hydrogens (primary N) is 2. The first-order chi connectivity index (χ1) is 62.3. The second kappa shape index (κ2) is 54.8. The minimum Gasteiger partial charge on any atom is -0.445 e. The molecule has 38 heteroatoms. The van der Waals surface area contributed by atoms with Gasteiger partial charge in [-0.2, -0.15) is 0 Å². The third-order valence-corrected chi connectivity index (χ3v) is 22.6. The molecule has 0 aromatic heterocycles. The van der Waals surface area contributed by atoms with E-state index in [0.717, 1.165) is 5.56 Å². The molecular formula is C95H144N14O24. The second-order valence-electron chi connectivity index (χ2n) is 37.0. The van der Waals surface area contributed by atoms with E-state index in [-0.39, 0.29) is 111 Å². The maximum atomic E-state index is 14.8. The first-order valence-electron chi connectivity index (χ1n) is 45.2. The lowest BCUT2D eigenvalue weighted by Crippen LogP contribution is -2.60. The van der Waals surface area contributed by atoms with Gasteiger partial charge in [-0.3, -0.25) is 53.4 Å². The molecule has 4 aromatic carbocycles. The van der Waals surface area contributed by atoms with Gasteiger partial charge >= 0.3 is 36.5 Å².